The maximum atomic E-state index is 13.8. The first-order valence-electron chi connectivity index (χ1n) is 11.0. The maximum Gasteiger partial charge on any atom is 0.419 e. The summed E-state index contributed by atoms with van der Waals surface area (Å²) in [6, 6.07) is 6.75. The van der Waals surface area contributed by atoms with Crippen LogP contribution in [0.1, 0.15) is 47.9 Å². The number of carbonyl (C=O) groups is 1. The zero-order valence-corrected chi connectivity index (χ0v) is 19.2. The number of aryl methyl sites for hydroxylation is 1. The molecule has 6 nitrogen and oxygen atoms in total. The number of nitrogens with zero attached hydrogens (tertiary/aromatic N) is 5. The van der Waals surface area contributed by atoms with E-state index in [9.17, 15) is 18.0 Å². The predicted octanol–water partition coefficient (Wildman–Crippen LogP) is 5.48. The van der Waals surface area contributed by atoms with Crippen molar-refractivity contribution in [3.63, 3.8) is 0 Å². The molecule has 34 heavy (non-hydrogen) atoms. The molecule has 1 saturated heterocycles. The summed E-state index contributed by atoms with van der Waals surface area (Å²) in [5.41, 5.74) is 0.0230. The minimum atomic E-state index is -4.48. The molecule has 4 rings (SSSR count). The molecular weight excluding hydrogens is 467 g/mol. The van der Waals surface area contributed by atoms with Gasteiger partial charge >= 0.3 is 6.18 Å². The molecule has 2 aromatic heterocycles. The van der Waals surface area contributed by atoms with Crippen LogP contribution < -0.4 is 0 Å². The van der Waals surface area contributed by atoms with E-state index in [0.717, 1.165) is 25.2 Å². The van der Waals surface area contributed by atoms with E-state index in [1.165, 1.54) is 0 Å². The Hall–Kier alpha value is -3.07. The van der Waals surface area contributed by atoms with Crippen LogP contribution in [0, 0.1) is 5.92 Å². The third-order valence-corrected chi connectivity index (χ3v) is 6.42. The molecule has 1 fully saturated rings. The average molecular weight is 490 g/mol. The quantitative estimate of drug-likeness (QED) is 0.474. The van der Waals surface area contributed by atoms with E-state index < -0.39 is 11.7 Å². The van der Waals surface area contributed by atoms with Crippen LogP contribution in [0.25, 0.3) is 11.4 Å². The van der Waals surface area contributed by atoms with Crippen LogP contribution in [0.15, 0.2) is 49.1 Å². The Morgan fingerprint density at radius 1 is 1.12 bits per heavy atom. The third-order valence-electron chi connectivity index (χ3n) is 6.11. The number of benzene rings is 1. The molecule has 1 amide bonds. The molecule has 0 unspecified atom stereocenters. The van der Waals surface area contributed by atoms with Crippen molar-refractivity contribution in [2.75, 3.05) is 6.54 Å². The molecule has 0 radical (unpaired) electrons. The molecule has 3 heterocycles. The molecule has 0 bridgehead atoms. The monoisotopic (exact) mass is 489 g/mol. The molecule has 0 saturated carbocycles. The summed E-state index contributed by atoms with van der Waals surface area (Å²) < 4.78 is 38.4. The Bertz CT molecular complexity index is 1140. The van der Waals surface area contributed by atoms with Gasteiger partial charge in [-0.15, -0.1) is 0 Å². The summed E-state index contributed by atoms with van der Waals surface area (Å²) >= 11 is 6.49. The van der Waals surface area contributed by atoms with Crippen molar-refractivity contribution in [1.82, 2.24) is 24.8 Å². The molecule has 178 valence electrons. The van der Waals surface area contributed by atoms with E-state index in [0.29, 0.717) is 47.2 Å². The number of halogens is 4. The molecule has 1 aliphatic rings. The molecule has 2 atom stereocenters. The van der Waals surface area contributed by atoms with Gasteiger partial charge in [0.25, 0.3) is 5.91 Å². The maximum absolute atomic E-state index is 13.8. The molecular formula is C24H23ClF3N5O. The van der Waals surface area contributed by atoms with Crippen molar-refractivity contribution < 1.29 is 18.0 Å². The normalized spacial score (nSPS) is 18.7. The van der Waals surface area contributed by atoms with Crippen LogP contribution >= 0.6 is 11.6 Å². The van der Waals surface area contributed by atoms with Gasteiger partial charge in [-0.05, 0) is 37.3 Å². The lowest BCUT2D eigenvalue weighted by Gasteiger charge is -2.40. The first-order chi connectivity index (χ1) is 16.3. The number of carbonyl (C=O) groups excluding carboxylic acids is 1. The van der Waals surface area contributed by atoms with Gasteiger partial charge in [0.15, 0.2) is 5.82 Å². The Morgan fingerprint density at radius 2 is 1.82 bits per heavy atom. The van der Waals surface area contributed by atoms with Crippen LogP contribution in [-0.2, 0) is 12.6 Å². The van der Waals surface area contributed by atoms with Crippen LogP contribution in [0.2, 0.25) is 5.02 Å². The highest BCUT2D eigenvalue weighted by molar-refractivity contribution is 6.34. The minimum absolute atomic E-state index is 0.132. The molecule has 0 aliphatic carbocycles. The summed E-state index contributed by atoms with van der Waals surface area (Å²) in [7, 11) is 0. The van der Waals surface area contributed by atoms with E-state index >= 15 is 0 Å². The SMILES string of the molecule is C[C@@H]1CCCN(C(=O)c2c(Cl)cccc2-c2ncccn2)[C@@H]1CCc1ncc(C(F)(F)F)cn1. The summed E-state index contributed by atoms with van der Waals surface area (Å²) in [5.74, 6) is 0.714. The van der Waals surface area contributed by atoms with Gasteiger partial charge in [0.1, 0.15) is 5.82 Å². The fourth-order valence-electron chi connectivity index (χ4n) is 4.36. The van der Waals surface area contributed by atoms with Crippen molar-refractivity contribution in [3.8, 4) is 11.4 Å². The first kappa shape index (κ1) is 24.1. The second-order valence-electron chi connectivity index (χ2n) is 8.34. The van der Waals surface area contributed by atoms with Gasteiger partial charge in [-0.25, -0.2) is 19.9 Å². The molecule has 3 aromatic rings. The number of piperidine rings is 1. The van der Waals surface area contributed by atoms with Crippen LogP contribution in [-0.4, -0.2) is 43.3 Å². The van der Waals surface area contributed by atoms with Gasteiger partial charge in [0.2, 0.25) is 0 Å². The minimum Gasteiger partial charge on any atom is -0.335 e. The highest BCUT2D eigenvalue weighted by atomic mass is 35.5. The summed E-state index contributed by atoms with van der Waals surface area (Å²) in [6.07, 6.45) is 3.00. The fourth-order valence-corrected chi connectivity index (χ4v) is 4.61. The second-order valence-corrected chi connectivity index (χ2v) is 8.75. The number of hydrogen-bond acceptors (Lipinski definition) is 5. The van der Waals surface area contributed by atoms with Crippen molar-refractivity contribution in [1.29, 1.82) is 0 Å². The van der Waals surface area contributed by atoms with E-state index in [-0.39, 0.29) is 17.9 Å². The third kappa shape index (κ3) is 5.19. The molecule has 1 aliphatic heterocycles. The zero-order valence-electron chi connectivity index (χ0n) is 18.5. The first-order valence-corrected chi connectivity index (χ1v) is 11.4. The van der Waals surface area contributed by atoms with Gasteiger partial charge in [0, 0.05) is 49.4 Å². The van der Waals surface area contributed by atoms with Crippen molar-refractivity contribution in [2.45, 2.75) is 44.8 Å². The lowest BCUT2D eigenvalue weighted by molar-refractivity contribution is -0.138. The van der Waals surface area contributed by atoms with E-state index in [4.69, 9.17) is 11.6 Å². The summed E-state index contributed by atoms with van der Waals surface area (Å²) in [5, 5.41) is 0.318. The van der Waals surface area contributed by atoms with Gasteiger partial charge in [-0.1, -0.05) is 30.7 Å². The Balaban J connectivity index is 1.58. The lowest BCUT2D eigenvalue weighted by atomic mass is 9.87. The van der Waals surface area contributed by atoms with Gasteiger partial charge in [-0.2, -0.15) is 13.2 Å². The van der Waals surface area contributed by atoms with Gasteiger partial charge < -0.3 is 4.90 Å². The Morgan fingerprint density at radius 3 is 2.50 bits per heavy atom. The molecule has 1 aromatic carbocycles. The van der Waals surface area contributed by atoms with Gasteiger partial charge in [-0.3, -0.25) is 4.79 Å². The highest BCUT2D eigenvalue weighted by Crippen LogP contribution is 2.33. The number of amides is 1. The molecule has 0 spiro atoms. The highest BCUT2D eigenvalue weighted by Gasteiger charge is 2.35. The largest absolute Gasteiger partial charge is 0.419 e. The molecule has 0 N–H and O–H groups in total. The summed E-state index contributed by atoms with van der Waals surface area (Å²) in [6.45, 7) is 2.63. The van der Waals surface area contributed by atoms with E-state index in [1.54, 1.807) is 36.7 Å². The predicted molar refractivity (Wildman–Crippen MR) is 121 cm³/mol. The average Bonchev–Trinajstić information content (AvgIpc) is 2.83. The molecule has 10 heteroatoms. The van der Waals surface area contributed by atoms with Crippen molar-refractivity contribution in [2.24, 2.45) is 5.92 Å². The number of likely N-dealkylation sites (tertiary alicyclic amines) is 1. The fraction of sp³-hybridized carbons (Fsp3) is 0.375. The Labute approximate surface area is 200 Å². The van der Waals surface area contributed by atoms with Crippen LogP contribution in [0.3, 0.4) is 0 Å². The number of alkyl halides is 3. The summed E-state index contributed by atoms with van der Waals surface area (Å²) in [4.78, 5) is 31.9. The second kappa shape index (κ2) is 10.0. The zero-order chi connectivity index (χ0) is 24.3. The number of hydrogen-bond donors (Lipinski definition) is 0. The van der Waals surface area contributed by atoms with E-state index in [2.05, 4.69) is 26.9 Å². The standard InChI is InChI=1S/C24H23ClF3N5O/c1-15-5-3-12-33(19(15)8-9-20-31-13-16(14-32-20)24(26,27)28)23(34)21-17(6-2-7-18(21)25)22-29-10-4-11-30-22/h2,4,6-7,10-11,13-15,19H,3,5,8-9,12H2,1H3/t15-,19-/m1/s1. The van der Waals surface area contributed by atoms with E-state index in [1.807, 2.05) is 4.90 Å². The lowest BCUT2D eigenvalue weighted by Crippen LogP contribution is -2.48. The van der Waals surface area contributed by atoms with Crippen LogP contribution in [0.5, 0.6) is 0 Å². The number of aromatic nitrogens is 4. The topological polar surface area (TPSA) is 71.9 Å². The van der Waals surface area contributed by atoms with Crippen LogP contribution in [0.4, 0.5) is 13.2 Å². The Kier molecular flexibility index (Phi) is 7.11. The smallest absolute Gasteiger partial charge is 0.335 e. The van der Waals surface area contributed by atoms with Gasteiger partial charge in [0.05, 0.1) is 16.1 Å². The number of rotatable bonds is 5. The van der Waals surface area contributed by atoms with Crippen molar-refractivity contribution in [3.05, 3.63) is 71.0 Å². The van der Waals surface area contributed by atoms with Crippen molar-refractivity contribution >= 4 is 17.5 Å².